The van der Waals surface area contributed by atoms with Gasteiger partial charge in [0.2, 0.25) is 0 Å². The van der Waals surface area contributed by atoms with Crippen LogP contribution in [0.1, 0.15) is 12.8 Å². The van der Waals surface area contributed by atoms with Gasteiger partial charge >= 0.3 is 0 Å². The number of nitrogen functional groups attached to an aromatic ring is 1. The average Bonchev–Trinajstić information content (AvgIpc) is 2.25. The summed E-state index contributed by atoms with van der Waals surface area (Å²) >= 11 is 6.07. The zero-order valence-corrected chi connectivity index (χ0v) is 9.26. The van der Waals surface area contributed by atoms with E-state index in [1.807, 2.05) is 18.2 Å². The Balaban J connectivity index is 2.09. The van der Waals surface area contributed by atoms with Gasteiger partial charge in [0.25, 0.3) is 0 Å². The second kappa shape index (κ2) is 4.73. The van der Waals surface area contributed by atoms with Gasteiger partial charge in [-0.2, -0.15) is 0 Å². The minimum atomic E-state index is 0.418. The molecule has 0 atom stereocenters. The average molecular weight is 227 g/mol. The molecule has 1 fully saturated rings. The van der Waals surface area contributed by atoms with Gasteiger partial charge in [0, 0.05) is 19.3 Å². The number of anilines is 2. The van der Waals surface area contributed by atoms with E-state index in [4.69, 9.17) is 22.1 Å². The van der Waals surface area contributed by atoms with Crippen LogP contribution in [0.25, 0.3) is 0 Å². The summed E-state index contributed by atoms with van der Waals surface area (Å²) in [6, 6.07) is 5.97. The molecule has 1 saturated heterocycles. The molecule has 15 heavy (non-hydrogen) atoms. The molecule has 0 aromatic heterocycles. The third-order valence-corrected chi connectivity index (χ3v) is 2.93. The molecule has 2 rings (SSSR count). The Morgan fingerprint density at radius 2 is 2.07 bits per heavy atom. The molecule has 4 heteroatoms. The van der Waals surface area contributed by atoms with Gasteiger partial charge in [0.1, 0.15) is 0 Å². The monoisotopic (exact) mass is 226 g/mol. The summed E-state index contributed by atoms with van der Waals surface area (Å²) in [5.41, 5.74) is 7.42. The van der Waals surface area contributed by atoms with Crippen LogP contribution in [0.15, 0.2) is 18.2 Å². The fraction of sp³-hybridized carbons (Fsp3) is 0.455. The molecule has 0 radical (unpaired) electrons. The largest absolute Gasteiger partial charge is 0.397 e. The van der Waals surface area contributed by atoms with E-state index in [1.165, 1.54) is 0 Å². The molecule has 0 spiro atoms. The van der Waals surface area contributed by atoms with Crippen LogP contribution in [0.2, 0.25) is 5.02 Å². The summed E-state index contributed by atoms with van der Waals surface area (Å²) in [4.78, 5) is 0. The predicted molar refractivity (Wildman–Crippen MR) is 63.3 cm³/mol. The molecule has 0 bridgehead atoms. The quantitative estimate of drug-likeness (QED) is 0.762. The lowest BCUT2D eigenvalue weighted by Gasteiger charge is -2.25. The van der Waals surface area contributed by atoms with Gasteiger partial charge in [-0.25, -0.2) is 0 Å². The first kappa shape index (κ1) is 10.6. The summed E-state index contributed by atoms with van der Waals surface area (Å²) in [6.45, 7) is 1.62. The number of para-hydroxylation sites is 1. The normalized spacial score (nSPS) is 17.7. The lowest BCUT2D eigenvalue weighted by Crippen LogP contribution is -2.28. The zero-order valence-electron chi connectivity index (χ0n) is 8.50. The van der Waals surface area contributed by atoms with Gasteiger partial charge in [-0.1, -0.05) is 17.7 Å². The lowest BCUT2D eigenvalue weighted by atomic mass is 10.1. The van der Waals surface area contributed by atoms with E-state index in [9.17, 15) is 0 Å². The highest BCUT2D eigenvalue weighted by Crippen LogP contribution is 2.29. The van der Waals surface area contributed by atoms with E-state index in [2.05, 4.69) is 5.32 Å². The number of nitrogens with one attached hydrogen (secondary N) is 1. The van der Waals surface area contributed by atoms with Crippen LogP contribution in [0.5, 0.6) is 0 Å². The molecular weight excluding hydrogens is 212 g/mol. The summed E-state index contributed by atoms with van der Waals surface area (Å²) in [7, 11) is 0. The number of hydrogen-bond acceptors (Lipinski definition) is 3. The first-order valence-corrected chi connectivity index (χ1v) is 5.53. The Morgan fingerprint density at radius 3 is 2.73 bits per heavy atom. The first-order chi connectivity index (χ1) is 7.27. The van der Waals surface area contributed by atoms with Crippen LogP contribution in [0.3, 0.4) is 0 Å². The van der Waals surface area contributed by atoms with Gasteiger partial charge < -0.3 is 15.8 Å². The Hall–Kier alpha value is -0.930. The number of rotatable bonds is 2. The molecule has 3 N–H and O–H groups in total. The smallest absolute Gasteiger partial charge is 0.0765 e. The van der Waals surface area contributed by atoms with Crippen molar-refractivity contribution in [3.8, 4) is 0 Å². The summed E-state index contributed by atoms with van der Waals surface area (Å²) in [6.07, 6.45) is 2.01. The molecule has 0 saturated carbocycles. The van der Waals surface area contributed by atoms with Crippen molar-refractivity contribution in [2.75, 3.05) is 24.3 Å². The molecule has 0 aliphatic carbocycles. The number of ether oxygens (including phenoxy) is 1. The minimum absolute atomic E-state index is 0.418. The molecular formula is C11H15ClN2O. The maximum atomic E-state index is 6.07. The molecule has 3 nitrogen and oxygen atoms in total. The topological polar surface area (TPSA) is 47.3 Å². The number of nitrogens with two attached hydrogens (primary N) is 1. The number of halogens is 1. The fourth-order valence-corrected chi connectivity index (χ4v) is 1.98. The van der Waals surface area contributed by atoms with E-state index in [0.29, 0.717) is 16.8 Å². The molecule has 1 aromatic carbocycles. The van der Waals surface area contributed by atoms with Crippen molar-refractivity contribution in [1.29, 1.82) is 0 Å². The molecule has 0 amide bonds. The Bertz CT molecular complexity index is 317. The minimum Gasteiger partial charge on any atom is -0.397 e. The number of benzene rings is 1. The highest BCUT2D eigenvalue weighted by atomic mass is 35.5. The van der Waals surface area contributed by atoms with Crippen molar-refractivity contribution in [2.45, 2.75) is 18.9 Å². The van der Waals surface area contributed by atoms with E-state index in [1.54, 1.807) is 0 Å². The third-order valence-electron chi connectivity index (χ3n) is 2.62. The standard InChI is InChI=1S/C11H15ClN2O/c12-9-2-1-3-10(13)11(9)14-8-4-6-15-7-5-8/h1-3,8,14H,4-7,13H2. The van der Waals surface area contributed by atoms with Gasteiger partial charge in [0.15, 0.2) is 0 Å². The summed E-state index contributed by atoms with van der Waals surface area (Å²) < 4.78 is 5.29. The van der Waals surface area contributed by atoms with Crippen LogP contribution < -0.4 is 11.1 Å². The third kappa shape index (κ3) is 2.55. The lowest BCUT2D eigenvalue weighted by molar-refractivity contribution is 0.0904. The Kier molecular flexibility index (Phi) is 3.34. The van der Waals surface area contributed by atoms with Crippen LogP contribution in [0, 0.1) is 0 Å². The highest BCUT2D eigenvalue weighted by Gasteiger charge is 2.15. The second-order valence-corrected chi connectivity index (χ2v) is 4.14. The van der Waals surface area contributed by atoms with E-state index in [-0.39, 0.29) is 0 Å². The van der Waals surface area contributed by atoms with Crippen LogP contribution in [-0.4, -0.2) is 19.3 Å². The van der Waals surface area contributed by atoms with Gasteiger partial charge in [-0.05, 0) is 25.0 Å². The van der Waals surface area contributed by atoms with Crippen LogP contribution >= 0.6 is 11.6 Å². The molecule has 1 aromatic rings. The van der Waals surface area contributed by atoms with Crippen molar-refractivity contribution in [3.05, 3.63) is 23.2 Å². The Morgan fingerprint density at radius 1 is 1.33 bits per heavy atom. The van der Waals surface area contributed by atoms with Crippen molar-refractivity contribution in [2.24, 2.45) is 0 Å². The maximum Gasteiger partial charge on any atom is 0.0765 e. The second-order valence-electron chi connectivity index (χ2n) is 3.74. The predicted octanol–water partition coefficient (Wildman–Crippen LogP) is 2.51. The molecule has 1 aliphatic rings. The summed E-state index contributed by atoms with van der Waals surface area (Å²) in [5, 5.41) is 4.06. The SMILES string of the molecule is Nc1cccc(Cl)c1NC1CCOCC1. The Labute approximate surface area is 94.6 Å². The van der Waals surface area contributed by atoms with Gasteiger partial charge in [-0.3, -0.25) is 0 Å². The van der Waals surface area contributed by atoms with Gasteiger partial charge in [0.05, 0.1) is 16.4 Å². The number of hydrogen-bond donors (Lipinski definition) is 2. The molecule has 82 valence electrons. The zero-order chi connectivity index (χ0) is 10.7. The molecule has 0 unspecified atom stereocenters. The highest BCUT2D eigenvalue weighted by molar-refractivity contribution is 6.33. The molecule has 1 aliphatic heterocycles. The van der Waals surface area contributed by atoms with Crippen LogP contribution in [-0.2, 0) is 4.74 Å². The van der Waals surface area contributed by atoms with E-state index in [0.717, 1.165) is 31.7 Å². The maximum absolute atomic E-state index is 6.07. The van der Waals surface area contributed by atoms with Crippen LogP contribution in [0.4, 0.5) is 11.4 Å². The summed E-state index contributed by atoms with van der Waals surface area (Å²) in [5.74, 6) is 0. The van der Waals surface area contributed by atoms with Crippen molar-refractivity contribution in [3.63, 3.8) is 0 Å². The fourth-order valence-electron chi connectivity index (χ4n) is 1.74. The van der Waals surface area contributed by atoms with E-state index < -0.39 is 0 Å². The van der Waals surface area contributed by atoms with Crippen molar-refractivity contribution >= 4 is 23.0 Å². The van der Waals surface area contributed by atoms with Gasteiger partial charge in [-0.15, -0.1) is 0 Å². The van der Waals surface area contributed by atoms with Crippen molar-refractivity contribution < 1.29 is 4.74 Å². The molecule has 1 heterocycles. The first-order valence-electron chi connectivity index (χ1n) is 5.15. The van der Waals surface area contributed by atoms with Crippen molar-refractivity contribution in [1.82, 2.24) is 0 Å². The van der Waals surface area contributed by atoms with E-state index >= 15 is 0 Å².